The fraction of sp³-hybridized carbons (Fsp3) is 0.400. The fourth-order valence-corrected chi connectivity index (χ4v) is 4.58. The highest BCUT2D eigenvalue weighted by Gasteiger charge is 2.11. The summed E-state index contributed by atoms with van der Waals surface area (Å²) in [4.78, 5) is 2.61. The molecule has 2 heteroatoms. The van der Waals surface area contributed by atoms with E-state index < -0.39 is 0 Å². The van der Waals surface area contributed by atoms with Crippen LogP contribution in [0.15, 0.2) is 66.7 Å². The number of rotatable bonds is 3. The Hall–Kier alpha value is -2.58. The van der Waals surface area contributed by atoms with Gasteiger partial charge in [-0.1, -0.05) is 80.1 Å². The predicted molar refractivity (Wildman–Crippen MR) is 134 cm³/mol. The van der Waals surface area contributed by atoms with Gasteiger partial charge in [-0.25, -0.2) is 0 Å². The first-order valence-corrected chi connectivity index (χ1v) is 12.2. The Balaban J connectivity index is 1.54. The highest BCUT2D eigenvalue weighted by atomic mass is 16.5. The van der Waals surface area contributed by atoms with E-state index in [9.17, 15) is 0 Å². The van der Waals surface area contributed by atoms with Crippen LogP contribution < -0.4 is 4.74 Å². The van der Waals surface area contributed by atoms with Crippen LogP contribution in [0, 0.1) is 6.92 Å². The number of fused-ring (bicyclic) bond motifs is 3. The van der Waals surface area contributed by atoms with Crippen LogP contribution in [0.5, 0.6) is 5.75 Å². The molecule has 32 heavy (non-hydrogen) atoms. The van der Waals surface area contributed by atoms with Gasteiger partial charge in [0.15, 0.2) is 0 Å². The van der Waals surface area contributed by atoms with Crippen LogP contribution in [0.25, 0.3) is 0 Å². The summed E-state index contributed by atoms with van der Waals surface area (Å²) in [7, 11) is 0. The maximum atomic E-state index is 6.20. The minimum Gasteiger partial charge on any atom is -0.493 e. The molecule has 0 N–H and O–H groups in total. The smallest absolute Gasteiger partial charge is 0.122 e. The molecule has 1 heterocycles. The molecule has 0 saturated carbocycles. The number of aryl methyl sites for hydroxylation is 1. The van der Waals surface area contributed by atoms with Crippen molar-refractivity contribution >= 4 is 0 Å². The molecule has 0 aliphatic carbocycles. The quantitative estimate of drug-likeness (QED) is 0.436. The topological polar surface area (TPSA) is 12.5 Å². The summed E-state index contributed by atoms with van der Waals surface area (Å²) in [5.74, 6) is 1.63. The summed E-state index contributed by atoms with van der Waals surface area (Å²) < 4.78 is 6.20. The van der Waals surface area contributed by atoms with Gasteiger partial charge >= 0.3 is 0 Å². The summed E-state index contributed by atoms with van der Waals surface area (Å²) in [6.45, 7) is 10.6. The lowest BCUT2D eigenvalue weighted by Gasteiger charge is -2.24. The standard InChI is InChI=1S/C30H37NO/c1-23(2)28-13-11-25(12-14-28)21-31-16-5-4-6-17-32-30-15-10-24(3)18-29(30)20-26-8-7-9-27(19-26)22-31/h7-15,18-19,23H,4-6,16-17,20-22H2,1-3H3. The first-order valence-electron chi connectivity index (χ1n) is 12.2. The van der Waals surface area contributed by atoms with E-state index in [0.29, 0.717) is 5.92 Å². The summed E-state index contributed by atoms with van der Waals surface area (Å²) in [6, 6.07) is 24.9. The maximum Gasteiger partial charge on any atom is 0.122 e. The number of nitrogens with zero attached hydrogens (tertiary/aromatic N) is 1. The third kappa shape index (κ3) is 6.23. The van der Waals surface area contributed by atoms with Crippen molar-refractivity contribution in [2.45, 2.75) is 65.5 Å². The molecule has 2 bridgehead atoms. The van der Waals surface area contributed by atoms with E-state index in [1.807, 2.05) is 0 Å². The van der Waals surface area contributed by atoms with Crippen molar-refractivity contribution in [1.29, 1.82) is 0 Å². The lowest BCUT2D eigenvalue weighted by atomic mass is 10.00. The zero-order valence-corrected chi connectivity index (χ0v) is 19.9. The lowest BCUT2D eigenvalue weighted by Crippen LogP contribution is -2.24. The highest BCUT2D eigenvalue weighted by molar-refractivity contribution is 5.41. The molecule has 0 radical (unpaired) electrons. The number of hydrogen-bond acceptors (Lipinski definition) is 2. The third-order valence-corrected chi connectivity index (χ3v) is 6.44. The van der Waals surface area contributed by atoms with Crippen molar-refractivity contribution in [2.75, 3.05) is 13.2 Å². The Morgan fingerprint density at radius 2 is 1.69 bits per heavy atom. The Kier molecular flexibility index (Phi) is 7.65. The van der Waals surface area contributed by atoms with Crippen LogP contribution in [-0.2, 0) is 19.5 Å². The molecule has 0 aromatic heterocycles. The predicted octanol–water partition coefficient (Wildman–Crippen LogP) is 7.27. The van der Waals surface area contributed by atoms with Gasteiger partial charge in [0.2, 0.25) is 0 Å². The molecule has 0 amide bonds. The molecule has 0 spiro atoms. The van der Waals surface area contributed by atoms with Crippen molar-refractivity contribution in [1.82, 2.24) is 4.90 Å². The Labute approximate surface area is 194 Å². The number of benzene rings is 3. The Morgan fingerprint density at radius 1 is 0.875 bits per heavy atom. The molecule has 2 nitrogen and oxygen atoms in total. The van der Waals surface area contributed by atoms with Gasteiger partial charge in [0.05, 0.1) is 6.61 Å². The van der Waals surface area contributed by atoms with Crippen molar-refractivity contribution in [3.8, 4) is 5.75 Å². The van der Waals surface area contributed by atoms with Crippen molar-refractivity contribution in [2.24, 2.45) is 0 Å². The summed E-state index contributed by atoms with van der Waals surface area (Å²) in [6.07, 6.45) is 4.43. The van der Waals surface area contributed by atoms with Crippen molar-refractivity contribution < 1.29 is 4.74 Å². The van der Waals surface area contributed by atoms with Crippen LogP contribution in [0.3, 0.4) is 0 Å². The monoisotopic (exact) mass is 427 g/mol. The van der Waals surface area contributed by atoms with Gasteiger partial charge in [-0.15, -0.1) is 0 Å². The van der Waals surface area contributed by atoms with Gasteiger partial charge in [-0.2, -0.15) is 0 Å². The molecule has 3 aromatic carbocycles. The van der Waals surface area contributed by atoms with Gasteiger partial charge in [0.1, 0.15) is 5.75 Å². The molecule has 1 aliphatic rings. The molecule has 0 unspecified atom stereocenters. The van der Waals surface area contributed by atoms with E-state index in [0.717, 1.165) is 44.8 Å². The second-order valence-electron chi connectivity index (χ2n) is 9.62. The first kappa shape index (κ1) is 22.6. The van der Waals surface area contributed by atoms with Gasteiger partial charge < -0.3 is 4.74 Å². The van der Waals surface area contributed by atoms with E-state index in [1.165, 1.54) is 46.2 Å². The molecule has 168 valence electrons. The van der Waals surface area contributed by atoms with Crippen LogP contribution >= 0.6 is 0 Å². The van der Waals surface area contributed by atoms with E-state index in [2.05, 4.69) is 92.4 Å². The minimum atomic E-state index is 0.581. The number of hydrogen-bond donors (Lipinski definition) is 0. The average molecular weight is 428 g/mol. The molecule has 0 saturated heterocycles. The van der Waals surface area contributed by atoms with Gasteiger partial charge in [0, 0.05) is 19.5 Å². The SMILES string of the molecule is Cc1ccc2c(c1)Cc1cccc(c1)CN(Cc1ccc(C(C)C)cc1)CCCCCO2. The highest BCUT2D eigenvalue weighted by Crippen LogP contribution is 2.25. The summed E-state index contributed by atoms with van der Waals surface area (Å²) in [5.41, 5.74) is 8.16. The molecule has 3 aromatic rings. The molecule has 0 fully saturated rings. The normalized spacial score (nSPS) is 15.6. The molecule has 4 rings (SSSR count). The zero-order chi connectivity index (χ0) is 22.3. The summed E-state index contributed by atoms with van der Waals surface area (Å²) >= 11 is 0. The zero-order valence-electron chi connectivity index (χ0n) is 19.9. The largest absolute Gasteiger partial charge is 0.493 e. The fourth-order valence-electron chi connectivity index (χ4n) is 4.58. The van der Waals surface area contributed by atoms with Gasteiger partial charge in [-0.3, -0.25) is 4.90 Å². The van der Waals surface area contributed by atoms with E-state index >= 15 is 0 Å². The second-order valence-corrected chi connectivity index (χ2v) is 9.62. The van der Waals surface area contributed by atoms with Crippen molar-refractivity contribution in [3.63, 3.8) is 0 Å². The summed E-state index contributed by atoms with van der Waals surface area (Å²) in [5, 5.41) is 0. The average Bonchev–Trinajstić information content (AvgIpc) is 2.77. The molecular formula is C30H37NO. The third-order valence-electron chi connectivity index (χ3n) is 6.44. The van der Waals surface area contributed by atoms with Crippen LogP contribution in [0.1, 0.15) is 72.4 Å². The van der Waals surface area contributed by atoms with Crippen LogP contribution in [0.4, 0.5) is 0 Å². The van der Waals surface area contributed by atoms with E-state index in [-0.39, 0.29) is 0 Å². The van der Waals surface area contributed by atoms with E-state index in [4.69, 9.17) is 4.74 Å². The van der Waals surface area contributed by atoms with Crippen LogP contribution in [-0.4, -0.2) is 18.1 Å². The molecular weight excluding hydrogens is 390 g/mol. The number of ether oxygens (including phenoxy) is 1. The Bertz CT molecular complexity index is 1010. The molecule has 0 atom stereocenters. The lowest BCUT2D eigenvalue weighted by molar-refractivity contribution is 0.243. The van der Waals surface area contributed by atoms with Gasteiger partial charge in [-0.05, 0) is 72.5 Å². The maximum absolute atomic E-state index is 6.20. The Morgan fingerprint density at radius 3 is 2.50 bits per heavy atom. The first-order chi connectivity index (χ1) is 15.6. The molecule has 1 aliphatic heterocycles. The van der Waals surface area contributed by atoms with Crippen LogP contribution in [0.2, 0.25) is 0 Å². The minimum absolute atomic E-state index is 0.581. The van der Waals surface area contributed by atoms with Gasteiger partial charge in [0.25, 0.3) is 0 Å². The second kappa shape index (κ2) is 10.8. The van der Waals surface area contributed by atoms with E-state index in [1.54, 1.807) is 0 Å². The van der Waals surface area contributed by atoms with Crippen molar-refractivity contribution in [3.05, 3.63) is 100 Å².